The van der Waals surface area contributed by atoms with Crippen molar-refractivity contribution < 1.29 is 9.00 Å². The number of carbonyl (C=O) groups excluding carboxylic acids is 1. The molecule has 1 amide bonds. The Kier molecular flexibility index (Phi) is 3.73. The van der Waals surface area contributed by atoms with E-state index in [1.165, 1.54) is 6.20 Å². The molecule has 1 unspecified atom stereocenters. The Hall–Kier alpha value is -1.27. The number of hydrogen-bond acceptors (Lipinski definition) is 4. The third kappa shape index (κ3) is 2.90. The van der Waals surface area contributed by atoms with Crippen LogP contribution < -0.4 is 11.5 Å². The Morgan fingerprint density at radius 2 is 2.21 bits per heavy atom. The van der Waals surface area contributed by atoms with Gasteiger partial charge >= 0.3 is 0 Å². The van der Waals surface area contributed by atoms with Gasteiger partial charge in [-0.15, -0.1) is 0 Å². The maximum absolute atomic E-state index is 11.1. The largest absolute Gasteiger partial charge is 0.366 e. The highest BCUT2D eigenvalue weighted by Crippen LogP contribution is 2.02. The van der Waals surface area contributed by atoms with Gasteiger partial charge in [-0.25, -0.2) is 0 Å². The fraction of sp³-hybridized carbons (Fsp3) is 0.250. The van der Waals surface area contributed by atoms with Gasteiger partial charge in [0.2, 0.25) is 5.91 Å². The molecule has 0 aliphatic rings. The average molecular weight is 213 g/mol. The van der Waals surface area contributed by atoms with Crippen LogP contribution in [0.15, 0.2) is 18.3 Å². The summed E-state index contributed by atoms with van der Waals surface area (Å²) in [4.78, 5) is 14.6. The zero-order valence-corrected chi connectivity index (χ0v) is 8.29. The summed E-state index contributed by atoms with van der Waals surface area (Å²) in [6, 6.07) is 3.17. The van der Waals surface area contributed by atoms with E-state index in [0.717, 1.165) is 0 Å². The van der Waals surface area contributed by atoms with E-state index in [-0.39, 0.29) is 5.88 Å². The van der Waals surface area contributed by atoms with Gasteiger partial charge in [0.05, 0.1) is 22.9 Å². The number of aromatic nitrogens is 1. The van der Waals surface area contributed by atoms with E-state index in [4.69, 9.17) is 11.5 Å². The first-order valence-electron chi connectivity index (χ1n) is 3.93. The Morgan fingerprint density at radius 1 is 1.50 bits per heavy atom. The highest BCUT2D eigenvalue weighted by atomic mass is 32.2. The summed E-state index contributed by atoms with van der Waals surface area (Å²) in [6.07, 6.45) is 1.37. The maximum atomic E-state index is 11.1. The Labute approximate surface area is 84.0 Å². The summed E-state index contributed by atoms with van der Waals surface area (Å²) >= 11 is 0. The van der Waals surface area contributed by atoms with Gasteiger partial charge in [0.1, 0.15) is 0 Å². The van der Waals surface area contributed by atoms with E-state index in [2.05, 4.69) is 4.98 Å². The molecule has 4 N–H and O–H groups in total. The Bertz CT molecular complexity index is 350. The van der Waals surface area contributed by atoms with Crippen LogP contribution in [0.1, 0.15) is 16.1 Å². The molecule has 0 bridgehead atoms. The lowest BCUT2D eigenvalue weighted by molar-refractivity contribution is 0.1000. The van der Waals surface area contributed by atoms with Crippen molar-refractivity contribution in [3.8, 4) is 0 Å². The van der Waals surface area contributed by atoms with Gasteiger partial charge in [0.15, 0.2) is 0 Å². The molecule has 76 valence electrons. The monoisotopic (exact) mass is 213 g/mol. The number of nitrogens with two attached hydrogens (primary N) is 2. The van der Waals surface area contributed by atoms with Crippen molar-refractivity contribution in [1.82, 2.24) is 4.98 Å². The van der Waals surface area contributed by atoms with Crippen molar-refractivity contribution in [2.24, 2.45) is 11.5 Å². The zero-order valence-electron chi connectivity index (χ0n) is 7.47. The van der Waals surface area contributed by atoms with Crippen LogP contribution >= 0.6 is 0 Å². The first-order valence-corrected chi connectivity index (χ1v) is 5.42. The van der Waals surface area contributed by atoms with Gasteiger partial charge in [0, 0.05) is 17.0 Å². The van der Waals surface area contributed by atoms with Gasteiger partial charge in [-0.3, -0.25) is 14.0 Å². The van der Waals surface area contributed by atoms with Crippen LogP contribution in [-0.4, -0.2) is 21.0 Å². The number of rotatable bonds is 4. The first kappa shape index (κ1) is 10.8. The van der Waals surface area contributed by atoms with Crippen molar-refractivity contribution >= 4 is 16.7 Å². The van der Waals surface area contributed by atoms with E-state index in [1.807, 2.05) is 0 Å². The molecule has 0 saturated heterocycles. The highest BCUT2D eigenvalue weighted by Gasteiger charge is 2.03. The van der Waals surface area contributed by atoms with Crippen LogP contribution in [0, 0.1) is 0 Å². The molecule has 0 aliphatic heterocycles. The zero-order chi connectivity index (χ0) is 10.6. The van der Waals surface area contributed by atoms with Crippen molar-refractivity contribution in [3.05, 3.63) is 29.6 Å². The van der Waals surface area contributed by atoms with Crippen molar-refractivity contribution in [1.29, 1.82) is 0 Å². The van der Waals surface area contributed by atoms with Crippen LogP contribution in [-0.2, 0) is 16.6 Å². The Balaban J connectivity index is 2.73. The maximum Gasteiger partial charge on any atom is 0.250 e. The molecule has 6 heteroatoms. The molecule has 1 aromatic rings. The number of amides is 1. The normalized spacial score (nSPS) is 12.4. The summed E-state index contributed by atoms with van der Waals surface area (Å²) in [7, 11) is -1.10. The van der Waals surface area contributed by atoms with Crippen molar-refractivity contribution in [2.75, 3.05) is 5.88 Å². The standard InChI is InChI=1S/C8H11N3O2S/c9-5-14(13)4-7-2-1-6(3-11-7)8(10)12/h1-3H,4-5,9H2,(H2,10,12). The molecule has 14 heavy (non-hydrogen) atoms. The molecule has 5 nitrogen and oxygen atoms in total. The van der Waals surface area contributed by atoms with E-state index >= 15 is 0 Å². The van der Waals surface area contributed by atoms with Crippen molar-refractivity contribution in [2.45, 2.75) is 5.75 Å². The number of nitrogens with zero attached hydrogens (tertiary/aromatic N) is 1. The van der Waals surface area contributed by atoms with Gasteiger partial charge in [0.25, 0.3) is 0 Å². The highest BCUT2D eigenvalue weighted by molar-refractivity contribution is 7.84. The minimum Gasteiger partial charge on any atom is -0.366 e. The van der Waals surface area contributed by atoms with E-state index in [9.17, 15) is 9.00 Å². The second-order valence-corrected chi connectivity index (χ2v) is 4.15. The molecule has 1 aromatic heterocycles. The summed E-state index contributed by atoms with van der Waals surface area (Å²) in [6.45, 7) is 0. The fourth-order valence-electron chi connectivity index (χ4n) is 0.879. The summed E-state index contributed by atoms with van der Waals surface area (Å²) in [5.41, 5.74) is 11.2. The SMILES string of the molecule is NCS(=O)Cc1ccc(C(N)=O)cn1. The fourth-order valence-corrected chi connectivity index (χ4v) is 1.50. The minimum absolute atomic E-state index is 0.110. The Morgan fingerprint density at radius 3 is 2.64 bits per heavy atom. The summed E-state index contributed by atoms with van der Waals surface area (Å²) in [5.74, 6) is -0.113. The van der Waals surface area contributed by atoms with E-state index < -0.39 is 16.7 Å². The summed E-state index contributed by atoms with van der Waals surface area (Å²) < 4.78 is 11.1. The smallest absolute Gasteiger partial charge is 0.250 e. The topological polar surface area (TPSA) is 99.1 Å². The van der Waals surface area contributed by atoms with Crippen LogP contribution in [0.25, 0.3) is 0 Å². The van der Waals surface area contributed by atoms with Crippen LogP contribution in [0.3, 0.4) is 0 Å². The predicted molar refractivity (Wildman–Crippen MR) is 53.7 cm³/mol. The van der Waals surface area contributed by atoms with E-state index in [0.29, 0.717) is 17.0 Å². The molecule has 0 radical (unpaired) electrons. The van der Waals surface area contributed by atoms with Crippen LogP contribution in [0.2, 0.25) is 0 Å². The van der Waals surface area contributed by atoms with Crippen LogP contribution in [0.4, 0.5) is 0 Å². The summed E-state index contributed by atoms with van der Waals surface area (Å²) in [5, 5.41) is 0. The lowest BCUT2D eigenvalue weighted by Gasteiger charge is -1.99. The molecule has 0 spiro atoms. The second-order valence-electron chi connectivity index (χ2n) is 2.65. The number of pyridine rings is 1. The van der Waals surface area contributed by atoms with Gasteiger partial charge in [-0.2, -0.15) is 0 Å². The molecule has 0 saturated carbocycles. The quantitative estimate of drug-likeness (QED) is 0.693. The van der Waals surface area contributed by atoms with E-state index in [1.54, 1.807) is 12.1 Å². The first-order chi connectivity index (χ1) is 6.63. The molecule has 0 aliphatic carbocycles. The van der Waals surface area contributed by atoms with Gasteiger partial charge < -0.3 is 11.5 Å². The lowest BCUT2D eigenvalue weighted by Crippen LogP contribution is -2.13. The lowest BCUT2D eigenvalue weighted by atomic mass is 10.2. The molecule has 1 rings (SSSR count). The molecule has 1 heterocycles. The molecule has 1 atom stereocenters. The van der Waals surface area contributed by atoms with Crippen molar-refractivity contribution in [3.63, 3.8) is 0 Å². The number of primary amides is 1. The molecule has 0 fully saturated rings. The minimum atomic E-state index is -1.10. The number of carbonyl (C=O) groups is 1. The van der Waals surface area contributed by atoms with Crippen LogP contribution in [0.5, 0.6) is 0 Å². The third-order valence-corrected chi connectivity index (χ3v) is 2.59. The third-order valence-electron chi connectivity index (χ3n) is 1.60. The molecular formula is C8H11N3O2S. The molecular weight excluding hydrogens is 202 g/mol. The second kappa shape index (κ2) is 4.83. The van der Waals surface area contributed by atoms with Gasteiger partial charge in [-0.1, -0.05) is 0 Å². The number of hydrogen-bond donors (Lipinski definition) is 2. The predicted octanol–water partition coefficient (Wildman–Crippen LogP) is -0.655. The average Bonchev–Trinajstić information content (AvgIpc) is 2.18. The molecule has 0 aromatic carbocycles. The van der Waals surface area contributed by atoms with Gasteiger partial charge in [-0.05, 0) is 12.1 Å².